The van der Waals surface area contributed by atoms with E-state index >= 15 is 0 Å². The van der Waals surface area contributed by atoms with Gasteiger partial charge in [-0.2, -0.15) is 0 Å². The molecule has 1 N–H and O–H groups in total. The summed E-state index contributed by atoms with van der Waals surface area (Å²) in [5, 5.41) is 2.76. The molecule has 1 heteroatoms. The summed E-state index contributed by atoms with van der Waals surface area (Å²) in [5.41, 5.74) is 1.42. The van der Waals surface area contributed by atoms with E-state index in [4.69, 9.17) is 0 Å². The third kappa shape index (κ3) is 6.81. The number of aromatic amines is 1. The highest BCUT2D eigenvalue weighted by molar-refractivity contribution is 5.85. The summed E-state index contributed by atoms with van der Waals surface area (Å²) in [6.45, 7) is 2.29. The van der Waals surface area contributed by atoms with Crippen LogP contribution in [0.3, 0.4) is 0 Å². The Hall–Kier alpha value is -1.24. The van der Waals surface area contributed by atoms with Crippen LogP contribution in [0.4, 0.5) is 0 Å². The minimum atomic E-state index is 1.20. The fourth-order valence-electron chi connectivity index (χ4n) is 3.49. The quantitative estimate of drug-likeness (QED) is 0.370. The first-order chi connectivity index (χ1) is 11.4. The number of aromatic nitrogens is 1. The largest absolute Gasteiger partial charge is 0.364 e. The summed E-state index contributed by atoms with van der Waals surface area (Å²) >= 11 is 0. The van der Waals surface area contributed by atoms with Gasteiger partial charge in [-0.15, -0.1) is 0 Å². The fraction of sp³-hybridized carbons (Fsp3) is 0.636. The van der Waals surface area contributed by atoms with E-state index in [9.17, 15) is 0 Å². The van der Waals surface area contributed by atoms with Crippen LogP contribution in [0, 0.1) is 0 Å². The van der Waals surface area contributed by atoms with Crippen molar-refractivity contribution in [3.05, 3.63) is 36.2 Å². The van der Waals surface area contributed by atoms with Gasteiger partial charge in [0.25, 0.3) is 0 Å². The number of H-pyrrole nitrogens is 1. The highest BCUT2D eigenvalue weighted by Gasteiger charge is 2.02. The molecule has 0 bridgehead atoms. The molecule has 0 atom stereocenters. The third-order valence-corrected chi connectivity index (χ3v) is 4.97. The lowest BCUT2D eigenvalue weighted by Crippen LogP contribution is -1.87. The van der Waals surface area contributed by atoms with Gasteiger partial charge in [0.05, 0.1) is 0 Å². The Bertz CT molecular complexity index is 526. The molecular formula is C22H35N. The number of fused-ring (bicyclic) bond motifs is 1. The standard InChI is InChI=1S/C22H35N/c1-2-3-4-5-6-7-8-9-10-11-12-13-18-22-21-17-15-14-16-20(21)19-23-22/h14-17,19,23H,2-13,18H2,1H3. The van der Waals surface area contributed by atoms with Crippen LogP contribution >= 0.6 is 0 Å². The molecule has 0 aliphatic carbocycles. The highest BCUT2D eigenvalue weighted by Crippen LogP contribution is 2.20. The van der Waals surface area contributed by atoms with Crippen molar-refractivity contribution in [3.63, 3.8) is 0 Å². The van der Waals surface area contributed by atoms with Gasteiger partial charge < -0.3 is 4.98 Å². The lowest BCUT2D eigenvalue weighted by atomic mass is 10.0. The summed E-state index contributed by atoms with van der Waals surface area (Å²) in [6, 6.07) is 8.69. The van der Waals surface area contributed by atoms with Crippen molar-refractivity contribution in [2.45, 2.75) is 90.4 Å². The van der Waals surface area contributed by atoms with Crippen molar-refractivity contribution in [1.29, 1.82) is 0 Å². The topological polar surface area (TPSA) is 15.8 Å². The zero-order valence-corrected chi connectivity index (χ0v) is 15.1. The molecule has 0 amide bonds. The molecule has 0 saturated carbocycles. The molecule has 1 aromatic heterocycles. The van der Waals surface area contributed by atoms with Crippen molar-refractivity contribution in [2.75, 3.05) is 0 Å². The van der Waals surface area contributed by atoms with Gasteiger partial charge in [-0.05, 0) is 18.2 Å². The van der Waals surface area contributed by atoms with E-state index in [1.165, 1.54) is 99.9 Å². The fourth-order valence-corrected chi connectivity index (χ4v) is 3.49. The van der Waals surface area contributed by atoms with Crippen LogP contribution in [-0.2, 0) is 6.42 Å². The van der Waals surface area contributed by atoms with Gasteiger partial charge in [-0.25, -0.2) is 0 Å². The summed E-state index contributed by atoms with van der Waals surface area (Å²) in [7, 11) is 0. The molecule has 0 aliphatic heterocycles. The van der Waals surface area contributed by atoms with Gasteiger partial charge >= 0.3 is 0 Å². The minimum Gasteiger partial charge on any atom is -0.364 e. The molecule has 0 fully saturated rings. The summed E-state index contributed by atoms with van der Waals surface area (Å²) in [4.78, 5) is 3.45. The molecule has 0 aliphatic rings. The second kappa shape index (κ2) is 11.3. The number of hydrogen-bond acceptors (Lipinski definition) is 0. The van der Waals surface area contributed by atoms with E-state index in [0.29, 0.717) is 0 Å². The summed E-state index contributed by atoms with van der Waals surface area (Å²) in [6.07, 6.45) is 20.4. The number of rotatable bonds is 13. The maximum absolute atomic E-state index is 3.45. The Balaban J connectivity index is 1.44. The Morgan fingerprint density at radius 3 is 1.91 bits per heavy atom. The first kappa shape index (κ1) is 18.1. The van der Waals surface area contributed by atoms with Crippen molar-refractivity contribution in [3.8, 4) is 0 Å². The predicted molar refractivity (Wildman–Crippen MR) is 103 cm³/mol. The van der Waals surface area contributed by atoms with E-state index in [-0.39, 0.29) is 0 Å². The zero-order valence-electron chi connectivity index (χ0n) is 15.1. The molecule has 128 valence electrons. The molecule has 23 heavy (non-hydrogen) atoms. The van der Waals surface area contributed by atoms with Crippen molar-refractivity contribution in [1.82, 2.24) is 4.98 Å². The lowest BCUT2D eigenvalue weighted by molar-refractivity contribution is 0.543. The van der Waals surface area contributed by atoms with Crippen molar-refractivity contribution < 1.29 is 0 Å². The van der Waals surface area contributed by atoms with Crippen molar-refractivity contribution in [2.24, 2.45) is 0 Å². The number of aryl methyl sites for hydroxylation is 1. The molecule has 1 nitrogen and oxygen atoms in total. The second-order valence-corrected chi connectivity index (χ2v) is 6.99. The third-order valence-electron chi connectivity index (χ3n) is 4.97. The first-order valence-corrected chi connectivity index (χ1v) is 9.97. The lowest BCUT2D eigenvalue weighted by Gasteiger charge is -2.03. The molecule has 2 rings (SSSR count). The molecule has 1 heterocycles. The van der Waals surface area contributed by atoms with Gasteiger partial charge in [-0.3, -0.25) is 0 Å². The Morgan fingerprint density at radius 2 is 1.26 bits per heavy atom. The monoisotopic (exact) mass is 313 g/mol. The van der Waals surface area contributed by atoms with Crippen LogP contribution < -0.4 is 0 Å². The maximum Gasteiger partial charge on any atom is 0.0226 e. The van der Waals surface area contributed by atoms with E-state index in [1.54, 1.807) is 0 Å². The van der Waals surface area contributed by atoms with E-state index in [2.05, 4.69) is 42.4 Å². The molecular weight excluding hydrogens is 278 g/mol. The van der Waals surface area contributed by atoms with Gasteiger partial charge in [0.2, 0.25) is 0 Å². The number of benzene rings is 1. The van der Waals surface area contributed by atoms with Gasteiger partial charge in [0.1, 0.15) is 0 Å². The number of unbranched alkanes of at least 4 members (excludes halogenated alkanes) is 11. The normalized spacial score (nSPS) is 11.3. The average molecular weight is 314 g/mol. The first-order valence-electron chi connectivity index (χ1n) is 9.97. The van der Waals surface area contributed by atoms with E-state index in [1.807, 2.05) is 0 Å². The van der Waals surface area contributed by atoms with Crippen LogP contribution in [0.1, 0.15) is 89.7 Å². The Labute approximate surface area is 142 Å². The van der Waals surface area contributed by atoms with Gasteiger partial charge in [-0.1, -0.05) is 102 Å². The van der Waals surface area contributed by atoms with Gasteiger partial charge in [0.15, 0.2) is 0 Å². The molecule has 1 aromatic carbocycles. The summed E-state index contributed by atoms with van der Waals surface area (Å²) in [5.74, 6) is 0. The smallest absolute Gasteiger partial charge is 0.0226 e. The van der Waals surface area contributed by atoms with Crippen LogP contribution in [0.5, 0.6) is 0 Å². The van der Waals surface area contributed by atoms with Crippen LogP contribution in [0.15, 0.2) is 30.5 Å². The maximum atomic E-state index is 3.45. The van der Waals surface area contributed by atoms with E-state index in [0.717, 1.165) is 0 Å². The predicted octanol–water partition coefficient (Wildman–Crippen LogP) is 7.41. The van der Waals surface area contributed by atoms with Gasteiger partial charge in [0, 0.05) is 17.3 Å². The Morgan fingerprint density at radius 1 is 0.696 bits per heavy atom. The average Bonchev–Trinajstić information content (AvgIpc) is 2.99. The van der Waals surface area contributed by atoms with Crippen LogP contribution in [0.2, 0.25) is 0 Å². The number of hydrogen-bond donors (Lipinski definition) is 1. The SMILES string of the molecule is CCCCCCCCCCCCCCc1[nH]cc2ccccc12. The molecule has 0 radical (unpaired) electrons. The molecule has 2 aromatic rings. The zero-order chi connectivity index (χ0) is 16.2. The summed E-state index contributed by atoms with van der Waals surface area (Å²) < 4.78 is 0. The van der Waals surface area contributed by atoms with E-state index < -0.39 is 0 Å². The highest BCUT2D eigenvalue weighted by atomic mass is 14.7. The van der Waals surface area contributed by atoms with Crippen molar-refractivity contribution >= 4 is 10.8 Å². The molecule has 0 saturated heterocycles. The molecule has 0 unspecified atom stereocenters. The Kier molecular flexibility index (Phi) is 8.91. The second-order valence-electron chi connectivity index (χ2n) is 6.99. The van der Waals surface area contributed by atoms with Crippen LogP contribution in [0.25, 0.3) is 10.8 Å². The van der Waals surface area contributed by atoms with Crippen LogP contribution in [-0.4, -0.2) is 4.98 Å². The molecule has 0 spiro atoms. The number of nitrogens with one attached hydrogen (secondary N) is 1. The minimum absolute atomic E-state index is 1.20.